The van der Waals surface area contributed by atoms with Gasteiger partial charge in [0.2, 0.25) is 5.91 Å². The molecule has 1 rings (SSSR count). The lowest BCUT2D eigenvalue weighted by Crippen LogP contribution is -2.20. The van der Waals surface area contributed by atoms with E-state index < -0.39 is 0 Å². The number of nitrogens with one attached hydrogen (secondary N) is 1. The van der Waals surface area contributed by atoms with Crippen molar-refractivity contribution in [3.05, 3.63) is 28.2 Å². The third kappa shape index (κ3) is 4.33. The molecule has 0 aliphatic heterocycles. The van der Waals surface area contributed by atoms with Gasteiger partial charge in [0.15, 0.2) is 0 Å². The molecule has 0 unspecified atom stereocenters. The number of carbonyl (C=O) groups is 1. The summed E-state index contributed by atoms with van der Waals surface area (Å²) in [6, 6.07) is 5.68. The van der Waals surface area contributed by atoms with Crippen LogP contribution in [0.3, 0.4) is 0 Å². The molecule has 0 fully saturated rings. The molecule has 0 aromatic heterocycles. The van der Waals surface area contributed by atoms with Gasteiger partial charge in [0.25, 0.3) is 0 Å². The van der Waals surface area contributed by atoms with Crippen molar-refractivity contribution in [1.82, 2.24) is 0 Å². The molecule has 0 aliphatic rings. The number of hydrogen-bond acceptors (Lipinski definition) is 2. The Morgan fingerprint density at radius 1 is 1.50 bits per heavy atom. The Bertz CT molecular complexity index is 377. The first kappa shape index (κ1) is 13.2. The highest BCUT2D eigenvalue weighted by molar-refractivity contribution is 9.10. The standard InChI is InChI=1S/C12H16BrNO2/c1-8(2)16-7-12(15)14-10-4-5-11(13)9(3)6-10/h4-6,8H,7H2,1-3H3,(H,14,15). The number of amides is 1. The molecule has 88 valence electrons. The minimum Gasteiger partial charge on any atom is -0.369 e. The summed E-state index contributed by atoms with van der Waals surface area (Å²) in [5.41, 5.74) is 1.88. The smallest absolute Gasteiger partial charge is 0.250 e. The minimum atomic E-state index is -0.129. The van der Waals surface area contributed by atoms with Crippen LogP contribution >= 0.6 is 15.9 Å². The van der Waals surface area contributed by atoms with Crippen molar-refractivity contribution in [3.63, 3.8) is 0 Å². The lowest BCUT2D eigenvalue weighted by Gasteiger charge is -2.09. The van der Waals surface area contributed by atoms with Crippen molar-refractivity contribution >= 4 is 27.5 Å². The maximum absolute atomic E-state index is 11.5. The van der Waals surface area contributed by atoms with Crippen LogP contribution in [0.25, 0.3) is 0 Å². The predicted octanol–water partition coefficient (Wildman–Crippen LogP) is 3.12. The zero-order valence-corrected chi connectivity index (χ0v) is 11.3. The zero-order valence-electron chi connectivity index (χ0n) is 9.71. The fourth-order valence-corrected chi connectivity index (χ4v) is 1.41. The number of carbonyl (C=O) groups excluding carboxylic acids is 1. The molecule has 1 aromatic carbocycles. The Kier molecular flexibility index (Phi) is 4.96. The van der Waals surface area contributed by atoms with Crippen LogP contribution < -0.4 is 5.32 Å². The average molecular weight is 286 g/mol. The van der Waals surface area contributed by atoms with E-state index in [9.17, 15) is 4.79 Å². The first-order chi connectivity index (χ1) is 7.49. The van der Waals surface area contributed by atoms with Gasteiger partial charge in [-0.2, -0.15) is 0 Å². The number of anilines is 1. The van der Waals surface area contributed by atoms with Gasteiger partial charge in [-0.25, -0.2) is 0 Å². The van der Waals surface area contributed by atoms with Crippen LogP contribution in [-0.2, 0) is 9.53 Å². The molecular weight excluding hydrogens is 270 g/mol. The highest BCUT2D eigenvalue weighted by atomic mass is 79.9. The van der Waals surface area contributed by atoms with E-state index in [2.05, 4.69) is 21.2 Å². The Morgan fingerprint density at radius 3 is 2.75 bits per heavy atom. The monoisotopic (exact) mass is 285 g/mol. The molecule has 1 amide bonds. The van der Waals surface area contributed by atoms with Crippen molar-refractivity contribution in [2.75, 3.05) is 11.9 Å². The van der Waals surface area contributed by atoms with E-state index in [0.717, 1.165) is 15.7 Å². The summed E-state index contributed by atoms with van der Waals surface area (Å²) in [7, 11) is 0. The summed E-state index contributed by atoms with van der Waals surface area (Å²) in [5.74, 6) is -0.129. The Labute approximate surface area is 104 Å². The molecule has 0 heterocycles. The minimum absolute atomic E-state index is 0.0670. The van der Waals surface area contributed by atoms with Crippen LogP contribution in [-0.4, -0.2) is 18.6 Å². The molecular formula is C12H16BrNO2. The van der Waals surface area contributed by atoms with Crippen molar-refractivity contribution in [2.24, 2.45) is 0 Å². The maximum atomic E-state index is 11.5. The van der Waals surface area contributed by atoms with E-state index in [1.807, 2.05) is 39.0 Å². The Morgan fingerprint density at radius 2 is 2.19 bits per heavy atom. The van der Waals surface area contributed by atoms with E-state index in [1.54, 1.807) is 0 Å². The molecule has 3 nitrogen and oxygen atoms in total. The summed E-state index contributed by atoms with van der Waals surface area (Å²) < 4.78 is 6.24. The van der Waals surface area contributed by atoms with Gasteiger partial charge in [-0.1, -0.05) is 15.9 Å². The molecule has 0 radical (unpaired) electrons. The van der Waals surface area contributed by atoms with Crippen LogP contribution in [0.4, 0.5) is 5.69 Å². The largest absolute Gasteiger partial charge is 0.369 e. The Hall–Kier alpha value is -0.870. The highest BCUT2D eigenvalue weighted by Gasteiger charge is 2.04. The highest BCUT2D eigenvalue weighted by Crippen LogP contribution is 2.19. The molecule has 0 atom stereocenters. The number of benzene rings is 1. The molecule has 4 heteroatoms. The van der Waals surface area contributed by atoms with Crippen LogP contribution in [0, 0.1) is 6.92 Å². The molecule has 0 saturated heterocycles. The second-order valence-corrected chi connectivity index (χ2v) is 4.73. The lowest BCUT2D eigenvalue weighted by atomic mass is 10.2. The van der Waals surface area contributed by atoms with Crippen molar-refractivity contribution in [2.45, 2.75) is 26.9 Å². The third-order valence-electron chi connectivity index (χ3n) is 1.99. The van der Waals surface area contributed by atoms with Gasteiger partial charge < -0.3 is 10.1 Å². The normalized spacial score (nSPS) is 10.6. The fourth-order valence-electron chi connectivity index (χ4n) is 1.16. The first-order valence-corrected chi connectivity index (χ1v) is 5.96. The van der Waals surface area contributed by atoms with E-state index in [4.69, 9.17) is 4.74 Å². The van der Waals surface area contributed by atoms with E-state index in [-0.39, 0.29) is 18.6 Å². The molecule has 0 bridgehead atoms. The predicted molar refractivity (Wildman–Crippen MR) is 68.6 cm³/mol. The third-order valence-corrected chi connectivity index (χ3v) is 2.88. The molecule has 0 spiro atoms. The second-order valence-electron chi connectivity index (χ2n) is 3.87. The van der Waals surface area contributed by atoms with Gasteiger partial charge in [-0.15, -0.1) is 0 Å². The van der Waals surface area contributed by atoms with Gasteiger partial charge in [0.1, 0.15) is 6.61 Å². The number of halogens is 1. The van der Waals surface area contributed by atoms with Gasteiger partial charge in [0, 0.05) is 10.2 Å². The molecule has 0 aliphatic carbocycles. The number of ether oxygens (including phenoxy) is 1. The maximum Gasteiger partial charge on any atom is 0.250 e. The van der Waals surface area contributed by atoms with Crippen molar-refractivity contribution < 1.29 is 9.53 Å². The van der Waals surface area contributed by atoms with Gasteiger partial charge in [-0.05, 0) is 44.5 Å². The number of rotatable bonds is 4. The average Bonchev–Trinajstić information content (AvgIpc) is 2.21. The van der Waals surface area contributed by atoms with E-state index in [0.29, 0.717) is 0 Å². The SMILES string of the molecule is Cc1cc(NC(=O)COC(C)C)ccc1Br. The van der Waals surface area contributed by atoms with Crippen LogP contribution in [0.2, 0.25) is 0 Å². The summed E-state index contributed by atoms with van der Waals surface area (Å²) >= 11 is 3.41. The van der Waals surface area contributed by atoms with Crippen LogP contribution in [0.1, 0.15) is 19.4 Å². The van der Waals surface area contributed by atoms with Gasteiger partial charge >= 0.3 is 0 Å². The van der Waals surface area contributed by atoms with Crippen molar-refractivity contribution in [3.8, 4) is 0 Å². The van der Waals surface area contributed by atoms with E-state index in [1.165, 1.54) is 0 Å². The van der Waals surface area contributed by atoms with Crippen LogP contribution in [0.15, 0.2) is 22.7 Å². The summed E-state index contributed by atoms with van der Waals surface area (Å²) in [5, 5.41) is 2.78. The summed E-state index contributed by atoms with van der Waals surface area (Å²) in [6.45, 7) is 5.87. The van der Waals surface area contributed by atoms with Gasteiger partial charge in [-0.3, -0.25) is 4.79 Å². The molecule has 0 saturated carbocycles. The molecule has 1 N–H and O–H groups in total. The summed E-state index contributed by atoms with van der Waals surface area (Å²) in [4.78, 5) is 11.5. The lowest BCUT2D eigenvalue weighted by molar-refractivity contribution is -0.121. The Balaban J connectivity index is 2.53. The first-order valence-electron chi connectivity index (χ1n) is 5.16. The van der Waals surface area contributed by atoms with Crippen molar-refractivity contribution in [1.29, 1.82) is 0 Å². The van der Waals surface area contributed by atoms with Gasteiger partial charge in [0.05, 0.1) is 6.10 Å². The number of aryl methyl sites for hydroxylation is 1. The number of hydrogen-bond donors (Lipinski definition) is 1. The summed E-state index contributed by atoms with van der Waals surface area (Å²) in [6.07, 6.45) is 0.0670. The second kappa shape index (κ2) is 6.01. The quantitative estimate of drug-likeness (QED) is 0.923. The zero-order chi connectivity index (χ0) is 12.1. The topological polar surface area (TPSA) is 38.3 Å². The fraction of sp³-hybridized carbons (Fsp3) is 0.417. The van der Waals surface area contributed by atoms with Crippen LogP contribution in [0.5, 0.6) is 0 Å². The molecule has 16 heavy (non-hydrogen) atoms. The molecule has 1 aromatic rings. The van der Waals surface area contributed by atoms with E-state index >= 15 is 0 Å².